The molecule has 0 saturated carbocycles. The van der Waals surface area contributed by atoms with Crippen molar-refractivity contribution in [2.24, 2.45) is 0 Å². The van der Waals surface area contributed by atoms with Crippen molar-refractivity contribution in [3.63, 3.8) is 0 Å². The van der Waals surface area contributed by atoms with Crippen LogP contribution in [0, 0.1) is 10.1 Å². The van der Waals surface area contributed by atoms with Crippen molar-refractivity contribution >= 4 is 0 Å². The molecule has 0 radical (unpaired) electrons. The maximum Gasteiger partial charge on any atom is 0.246 e. The maximum absolute atomic E-state index is 10.3. The molecule has 2 rings (SSSR count). The lowest BCUT2D eigenvalue weighted by Crippen LogP contribution is -2.40. The Morgan fingerprint density at radius 3 is 3.00 bits per heavy atom. The molecular weight excluding hydrogens is 166 g/mol. The number of hydroxylamine groups is 2. The summed E-state index contributed by atoms with van der Waals surface area (Å²) in [4.78, 5) is 14.9. The molecule has 3 N–H and O–H groups in total. The zero-order valence-corrected chi connectivity index (χ0v) is 6.03. The summed E-state index contributed by atoms with van der Waals surface area (Å²) in [5.74, 6) is 0.809. The largest absolute Gasteiger partial charge is 0.365 e. The number of hydrogen-bond donors (Lipinski definition) is 3. The van der Waals surface area contributed by atoms with Crippen molar-refractivity contribution < 1.29 is 9.97 Å². The van der Waals surface area contributed by atoms with Crippen molar-refractivity contribution in [3.8, 4) is 0 Å². The average molecular weight is 173 g/mol. The van der Waals surface area contributed by atoms with Crippen molar-refractivity contribution in [1.29, 1.82) is 0 Å². The highest BCUT2D eigenvalue weighted by Crippen LogP contribution is 2.12. The minimum absolute atomic E-state index is 0.311. The molecule has 0 aliphatic carbocycles. The third-order valence-corrected chi connectivity index (χ3v) is 1.53. The van der Waals surface area contributed by atoms with Gasteiger partial charge in [0.1, 0.15) is 0 Å². The summed E-state index contributed by atoms with van der Waals surface area (Å²) in [5, 5.41) is 15.9. The third-order valence-electron chi connectivity index (χ3n) is 1.53. The first-order valence-electron chi connectivity index (χ1n) is 3.38. The zero-order chi connectivity index (χ0) is 8.55. The van der Waals surface area contributed by atoms with E-state index in [-0.39, 0.29) is 0 Å². The smallest absolute Gasteiger partial charge is 0.246 e. The molecule has 0 spiro atoms. The molecule has 0 atom stereocenters. The van der Waals surface area contributed by atoms with E-state index < -0.39 is 5.03 Å². The van der Waals surface area contributed by atoms with Gasteiger partial charge in [-0.1, -0.05) is 4.94 Å². The van der Waals surface area contributed by atoms with Gasteiger partial charge in [-0.05, 0) is 0 Å². The van der Waals surface area contributed by atoms with Crippen LogP contribution in [0.15, 0.2) is 11.6 Å². The first-order chi connectivity index (χ1) is 5.79. The lowest BCUT2D eigenvalue weighted by atomic mass is 10.4. The predicted molar refractivity (Wildman–Crippen MR) is 36.1 cm³/mol. The Labute approximate surface area is 67.2 Å². The van der Waals surface area contributed by atoms with Gasteiger partial charge >= 0.3 is 0 Å². The Balaban J connectivity index is 2.21. The first-order valence-corrected chi connectivity index (χ1v) is 3.38. The second kappa shape index (κ2) is 2.41. The summed E-state index contributed by atoms with van der Waals surface area (Å²) in [7, 11) is 0. The lowest BCUT2D eigenvalue weighted by Gasteiger charge is -2.15. The first kappa shape index (κ1) is 6.98. The normalized spacial score (nSPS) is 20.8. The minimum Gasteiger partial charge on any atom is -0.365 e. The predicted octanol–water partition coefficient (Wildman–Crippen LogP) is -1.75. The summed E-state index contributed by atoms with van der Waals surface area (Å²) in [6.07, 6.45) is 0. The Bertz CT molecular complexity index is 251. The Morgan fingerprint density at radius 2 is 2.25 bits per heavy atom. The number of hydrazine groups is 1. The molecule has 2 aliphatic rings. The molecule has 8 nitrogen and oxygen atoms in total. The molecule has 0 unspecified atom stereocenters. The van der Waals surface area contributed by atoms with Crippen molar-refractivity contribution in [2.75, 3.05) is 13.1 Å². The summed E-state index contributed by atoms with van der Waals surface area (Å²) in [6, 6.07) is 0. The summed E-state index contributed by atoms with van der Waals surface area (Å²) in [6.45, 7) is 1.34. The van der Waals surface area contributed by atoms with Gasteiger partial charge in [0, 0.05) is 13.1 Å². The number of hydrogen-bond acceptors (Lipinski definition) is 6. The second-order valence-corrected chi connectivity index (χ2v) is 2.28. The van der Waals surface area contributed by atoms with E-state index in [0.29, 0.717) is 29.9 Å². The van der Waals surface area contributed by atoms with E-state index in [1.54, 1.807) is 0 Å². The van der Waals surface area contributed by atoms with Crippen molar-refractivity contribution in [2.45, 2.75) is 0 Å². The quantitative estimate of drug-likeness (QED) is 0.320. The van der Waals surface area contributed by atoms with E-state index in [9.17, 15) is 10.1 Å². The van der Waals surface area contributed by atoms with Crippen LogP contribution in [0.25, 0.3) is 0 Å². The number of nitro groups is 1. The number of nitrogens with zero attached hydrogens (tertiary/aromatic N) is 2. The molecule has 66 valence electrons. The van der Waals surface area contributed by atoms with Gasteiger partial charge in [0.25, 0.3) is 0 Å². The third kappa shape index (κ3) is 0.889. The lowest BCUT2D eigenvalue weighted by molar-refractivity contribution is -0.723. The van der Waals surface area contributed by atoms with Gasteiger partial charge in [-0.2, -0.15) is 0 Å². The summed E-state index contributed by atoms with van der Waals surface area (Å²) >= 11 is 0. The van der Waals surface area contributed by atoms with Gasteiger partial charge in [-0.25, -0.2) is 15.6 Å². The molecule has 12 heavy (non-hydrogen) atoms. The van der Waals surface area contributed by atoms with Crippen LogP contribution >= 0.6 is 0 Å². The van der Waals surface area contributed by atoms with Gasteiger partial charge in [-0.3, -0.25) is 0 Å². The second-order valence-electron chi connectivity index (χ2n) is 2.28. The van der Waals surface area contributed by atoms with Crippen LogP contribution in [0.5, 0.6) is 0 Å². The van der Waals surface area contributed by atoms with E-state index in [2.05, 4.69) is 21.1 Å². The van der Waals surface area contributed by atoms with Crippen LogP contribution < -0.4 is 16.1 Å². The van der Waals surface area contributed by atoms with Crippen molar-refractivity contribution in [1.82, 2.24) is 21.3 Å². The monoisotopic (exact) mass is 173 g/mol. The minimum atomic E-state index is -0.657. The highest BCUT2D eigenvalue weighted by Gasteiger charge is 2.34. The van der Waals surface area contributed by atoms with Crippen LogP contribution in [-0.2, 0) is 4.94 Å². The van der Waals surface area contributed by atoms with Crippen molar-refractivity contribution in [3.05, 3.63) is 21.8 Å². The molecule has 0 saturated heterocycles. The molecule has 2 aliphatic heterocycles. The van der Waals surface area contributed by atoms with E-state index in [0.717, 1.165) is 0 Å². The Morgan fingerprint density at radius 1 is 1.50 bits per heavy atom. The fourth-order valence-corrected chi connectivity index (χ4v) is 1.04. The SMILES string of the molecule is O=[N+]([O-])N1ONC2=C1NCCN2. The van der Waals surface area contributed by atoms with E-state index in [1.807, 2.05) is 0 Å². The molecule has 0 aromatic carbocycles. The maximum atomic E-state index is 10.3. The van der Waals surface area contributed by atoms with Gasteiger partial charge < -0.3 is 10.6 Å². The molecule has 0 aromatic heterocycles. The van der Waals surface area contributed by atoms with E-state index in [1.165, 1.54) is 0 Å². The molecular formula is C4H7N5O3. The zero-order valence-electron chi connectivity index (χ0n) is 6.03. The van der Waals surface area contributed by atoms with Crippen LogP contribution in [0.1, 0.15) is 0 Å². The number of nitrogens with one attached hydrogen (secondary N) is 3. The van der Waals surface area contributed by atoms with Gasteiger partial charge in [-0.15, -0.1) is 0 Å². The van der Waals surface area contributed by atoms with Gasteiger partial charge in [0.2, 0.25) is 5.82 Å². The Hall–Kier alpha value is -1.70. The molecule has 0 amide bonds. The fourth-order valence-electron chi connectivity index (χ4n) is 1.04. The molecule has 0 bridgehead atoms. The highest BCUT2D eigenvalue weighted by molar-refractivity contribution is 5.09. The summed E-state index contributed by atoms with van der Waals surface area (Å²) in [5.41, 5.74) is 2.38. The average Bonchev–Trinajstić information content (AvgIpc) is 2.47. The summed E-state index contributed by atoms with van der Waals surface area (Å²) < 4.78 is 0. The molecule has 2 heterocycles. The Kier molecular flexibility index (Phi) is 1.40. The van der Waals surface area contributed by atoms with Crippen LogP contribution in [0.4, 0.5) is 0 Å². The van der Waals surface area contributed by atoms with E-state index >= 15 is 0 Å². The van der Waals surface area contributed by atoms with Crippen LogP contribution in [0.3, 0.4) is 0 Å². The van der Waals surface area contributed by atoms with Gasteiger partial charge in [0.15, 0.2) is 10.9 Å². The molecule has 8 heteroatoms. The standard InChI is InChI=1S/C4H7N5O3/c10-9(11)8-4-3(7-12-8)5-1-2-6-4/h5-7H,1-2H2. The van der Waals surface area contributed by atoms with E-state index in [4.69, 9.17) is 0 Å². The van der Waals surface area contributed by atoms with Crippen LogP contribution in [-0.4, -0.2) is 23.3 Å². The topological polar surface area (TPSA) is 91.7 Å². The fraction of sp³-hybridized carbons (Fsp3) is 0.500. The highest BCUT2D eigenvalue weighted by atomic mass is 16.9. The van der Waals surface area contributed by atoms with Gasteiger partial charge in [0.05, 0.1) is 5.17 Å². The molecule has 0 aromatic rings. The number of rotatable bonds is 1. The molecule has 0 fully saturated rings. The van der Waals surface area contributed by atoms with Crippen LogP contribution in [0.2, 0.25) is 0 Å².